The molecule has 2 rings (SSSR count). The molecule has 0 radical (unpaired) electrons. The first-order chi connectivity index (χ1) is 9.56. The van der Waals surface area contributed by atoms with Crippen molar-refractivity contribution in [2.24, 2.45) is 0 Å². The fraction of sp³-hybridized carbons (Fsp3) is 0.429. The molecule has 108 valence electrons. The Labute approximate surface area is 135 Å². The maximum Gasteiger partial charge on any atom is 0.248 e. The van der Waals surface area contributed by atoms with Gasteiger partial charge >= 0.3 is 0 Å². The summed E-state index contributed by atoms with van der Waals surface area (Å²) in [6, 6.07) is 6.38. The number of hydrogen-bond acceptors (Lipinski definition) is 4. The lowest BCUT2D eigenvalue weighted by atomic mass is 10.2. The van der Waals surface area contributed by atoms with Crippen LogP contribution in [0, 0.1) is 0 Å². The molecule has 0 saturated heterocycles. The number of benzene rings is 1. The summed E-state index contributed by atoms with van der Waals surface area (Å²) in [6.45, 7) is 5.23. The van der Waals surface area contributed by atoms with E-state index in [0.29, 0.717) is 17.8 Å². The van der Waals surface area contributed by atoms with Gasteiger partial charge in [-0.25, -0.2) is 0 Å². The first kappa shape index (κ1) is 15.7. The lowest BCUT2D eigenvalue weighted by Gasteiger charge is -2.05. The average molecular weight is 403 g/mol. The number of aryl methyl sites for hydroxylation is 1. The van der Waals surface area contributed by atoms with E-state index in [4.69, 9.17) is 4.42 Å². The van der Waals surface area contributed by atoms with E-state index in [9.17, 15) is 0 Å². The Kier molecular flexibility index (Phi) is 5.74. The number of hydrogen-bond donors (Lipinski definition) is 1. The molecule has 1 N–H and O–H groups in total. The minimum absolute atomic E-state index is 0.506. The molecule has 0 atom stereocenters. The number of nitrogens with zero attached hydrogens (tertiary/aromatic N) is 2. The molecule has 2 aromatic rings. The molecule has 4 nitrogen and oxygen atoms in total. The topological polar surface area (TPSA) is 51.0 Å². The van der Waals surface area contributed by atoms with Gasteiger partial charge in [0.1, 0.15) is 0 Å². The zero-order chi connectivity index (χ0) is 14.5. The van der Waals surface area contributed by atoms with Gasteiger partial charge in [0.25, 0.3) is 0 Å². The Balaban J connectivity index is 1.98. The smallest absolute Gasteiger partial charge is 0.248 e. The fourth-order valence-corrected chi connectivity index (χ4v) is 2.97. The van der Waals surface area contributed by atoms with Gasteiger partial charge in [0.15, 0.2) is 0 Å². The van der Waals surface area contributed by atoms with E-state index >= 15 is 0 Å². The SMILES string of the molecule is CC(C)NCCCc1nnc(-c2ccc(Br)cc2Br)o1. The van der Waals surface area contributed by atoms with Crippen molar-refractivity contribution in [1.29, 1.82) is 0 Å². The zero-order valence-corrected chi connectivity index (χ0v) is 14.7. The van der Waals surface area contributed by atoms with E-state index in [0.717, 1.165) is 33.9 Å². The fourth-order valence-electron chi connectivity index (χ4n) is 1.76. The normalized spacial score (nSPS) is 11.2. The molecule has 0 fully saturated rings. The van der Waals surface area contributed by atoms with Gasteiger partial charge in [-0.15, -0.1) is 10.2 Å². The molecule has 0 aliphatic carbocycles. The molecule has 1 aromatic carbocycles. The number of nitrogens with one attached hydrogen (secondary N) is 1. The van der Waals surface area contributed by atoms with Crippen LogP contribution in [0.15, 0.2) is 31.6 Å². The van der Waals surface area contributed by atoms with E-state index < -0.39 is 0 Å². The molecule has 0 spiro atoms. The summed E-state index contributed by atoms with van der Waals surface area (Å²) in [5.41, 5.74) is 0.909. The molecular weight excluding hydrogens is 386 g/mol. The molecule has 0 unspecified atom stereocenters. The second-order valence-electron chi connectivity index (χ2n) is 4.84. The van der Waals surface area contributed by atoms with Gasteiger partial charge in [-0.2, -0.15) is 0 Å². The lowest BCUT2D eigenvalue weighted by Crippen LogP contribution is -2.23. The van der Waals surface area contributed by atoms with Gasteiger partial charge in [0.05, 0.1) is 5.56 Å². The third-order valence-corrected chi connectivity index (χ3v) is 3.90. The molecule has 6 heteroatoms. The van der Waals surface area contributed by atoms with Crippen molar-refractivity contribution in [2.45, 2.75) is 32.7 Å². The molecule has 20 heavy (non-hydrogen) atoms. The molecule has 0 aliphatic heterocycles. The number of halogens is 2. The summed E-state index contributed by atoms with van der Waals surface area (Å²) >= 11 is 6.93. The van der Waals surface area contributed by atoms with E-state index in [1.54, 1.807) is 0 Å². The van der Waals surface area contributed by atoms with E-state index in [1.165, 1.54) is 0 Å². The van der Waals surface area contributed by atoms with Crippen molar-refractivity contribution >= 4 is 31.9 Å². The molecule has 0 bridgehead atoms. The molecule has 0 aliphatic rings. The summed E-state index contributed by atoms with van der Waals surface area (Å²) in [4.78, 5) is 0. The Bertz CT molecular complexity index is 569. The standard InChI is InChI=1S/C14H17Br2N3O/c1-9(2)17-7-3-4-13-18-19-14(20-13)11-6-5-10(15)8-12(11)16/h5-6,8-9,17H,3-4,7H2,1-2H3. The van der Waals surface area contributed by atoms with Gasteiger partial charge in [-0.05, 0) is 47.1 Å². The van der Waals surface area contributed by atoms with Crippen LogP contribution in [-0.4, -0.2) is 22.8 Å². The highest BCUT2D eigenvalue weighted by Gasteiger charge is 2.11. The van der Waals surface area contributed by atoms with Gasteiger partial charge in [-0.1, -0.05) is 29.8 Å². The Morgan fingerprint density at radius 1 is 1.25 bits per heavy atom. The predicted molar refractivity (Wildman–Crippen MR) is 86.6 cm³/mol. The average Bonchev–Trinajstić information content (AvgIpc) is 2.83. The van der Waals surface area contributed by atoms with Crippen LogP contribution in [0.4, 0.5) is 0 Å². The first-order valence-electron chi connectivity index (χ1n) is 6.57. The maximum atomic E-state index is 5.70. The third kappa shape index (κ3) is 4.40. The van der Waals surface area contributed by atoms with Crippen LogP contribution in [0.1, 0.15) is 26.2 Å². The van der Waals surface area contributed by atoms with Crippen molar-refractivity contribution < 1.29 is 4.42 Å². The van der Waals surface area contributed by atoms with Gasteiger partial charge < -0.3 is 9.73 Å². The van der Waals surface area contributed by atoms with Crippen LogP contribution in [-0.2, 0) is 6.42 Å². The van der Waals surface area contributed by atoms with Crippen LogP contribution in [0.2, 0.25) is 0 Å². The monoisotopic (exact) mass is 401 g/mol. The zero-order valence-electron chi connectivity index (χ0n) is 11.5. The molecule has 0 saturated carbocycles. The highest BCUT2D eigenvalue weighted by atomic mass is 79.9. The van der Waals surface area contributed by atoms with Crippen molar-refractivity contribution in [1.82, 2.24) is 15.5 Å². The maximum absolute atomic E-state index is 5.70. The predicted octanol–water partition coefficient (Wildman–Crippen LogP) is 4.19. The van der Waals surface area contributed by atoms with Crippen LogP contribution in [0.25, 0.3) is 11.5 Å². The van der Waals surface area contributed by atoms with Crippen LogP contribution >= 0.6 is 31.9 Å². The van der Waals surface area contributed by atoms with E-state index in [1.807, 2.05) is 18.2 Å². The molecule has 1 heterocycles. The third-order valence-electron chi connectivity index (χ3n) is 2.75. The largest absolute Gasteiger partial charge is 0.421 e. The van der Waals surface area contributed by atoms with Crippen LogP contribution in [0.3, 0.4) is 0 Å². The molecule has 1 aromatic heterocycles. The van der Waals surface area contributed by atoms with Crippen LogP contribution < -0.4 is 5.32 Å². The highest BCUT2D eigenvalue weighted by molar-refractivity contribution is 9.11. The summed E-state index contributed by atoms with van der Waals surface area (Å²) in [6.07, 6.45) is 1.78. The summed E-state index contributed by atoms with van der Waals surface area (Å²) < 4.78 is 7.64. The van der Waals surface area contributed by atoms with Gasteiger partial charge in [-0.3, -0.25) is 0 Å². The van der Waals surface area contributed by atoms with E-state index in [2.05, 4.69) is 61.2 Å². The summed E-state index contributed by atoms with van der Waals surface area (Å²) in [5, 5.41) is 11.6. The lowest BCUT2D eigenvalue weighted by molar-refractivity contribution is 0.484. The quantitative estimate of drug-likeness (QED) is 0.736. The van der Waals surface area contributed by atoms with Crippen LogP contribution in [0.5, 0.6) is 0 Å². The molecule has 0 amide bonds. The minimum Gasteiger partial charge on any atom is -0.421 e. The number of rotatable bonds is 6. The highest BCUT2D eigenvalue weighted by Crippen LogP contribution is 2.29. The first-order valence-corrected chi connectivity index (χ1v) is 8.16. The minimum atomic E-state index is 0.506. The van der Waals surface area contributed by atoms with Crippen molar-refractivity contribution in [3.8, 4) is 11.5 Å². The van der Waals surface area contributed by atoms with Gasteiger partial charge in [0.2, 0.25) is 11.8 Å². The number of aromatic nitrogens is 2. The van der Waals surface area contributed by atoms with E-state index in [-0.39, 0.29) is 0 Å². The van der Waals surface area contributed by atoms with Gasteiger partial charge in [0, 0.05) is 21.4 Å². The van der Waals surface area contributed by atoms with Crippen molar-refractivity contribution in [3.05, 3.63) is 33.0 Å². The summed E-state index contributed by atoms with van der Waals surface area (Å²) in [5.74, 6) is 1.23. The Morgan fingerprint density at radius 3 is 2.75 bits per heavy atom. The second kappa shape index (κ2) is 7.33. The second-order valence-corrected chi connectivity index (χ2v) is 6.61. The Hall–Kier alpha value is -0.720. The Morgan fingerprint density at radius 2 is 2.05 bits per heavy atom. The molecular formula is C14H17Br2N3O. The van der Waals surface area contributed by atoms with Crippen molar-refractivity contribution in [3.63, 3.8) is 0 Å². The van der Waals surface area contributed by atoms with Crippen molar-refractivity contribution in [2.75, 3.05) is 6.54 Å². The summed E-state index contributed by atoms with van der Waals surface area (Å²) in [7, 11) is 0.